The fourth-order valence-electron chi connectivity index (χ4n) is 2.74. The Bertz CT molecular complexity index is 652. The van der Waals surface area contributed by atoms with Crippen LogP contribution < -0.4 is 15.4 Å². The molecule has 0 radical (unpaired) electrons. The molecule has 25 heavy (non-hydrogen) atoms. The van der Waals surface area contributed by atoms with Crippen molar-refractivity contribution in [3.05, 3.63) is 24.5 Å². The van der Waals surface area contributed by atoms with Crippen LogP contribution in [0, 0.1) is 0 Å². The lowest BCUT2D eigenvalue weighted by molar-refractivity contribution is 0.581. The van der Waals surface area contributed by atoms with Crippen molar-refractivity contribution in [3.8, 4) is 0 Å². The molecule has 1 fully saturated rings. The van der Waals surface area contributed by atoms with Gasteiger partial charge in [-0.25, -0.2) is 13.1 Å². The average molecular weight is 386 g/mol. The topological polar surface area (TPSA) is 95.5 Å². The molecule has 0 aliphatic heterocycles. The summed E-state index contributed by atoms with van der Waals surface area (Å²) in [6.45, 7) is 3.40. The van der Waals surface area contributed by atoms with Gasteiger partial charge in [-0.05, 0) is 44.6 Å². The number of aliphatic imine (C=N–C) groups is 1. The Morgan fingerprint density at radius 2 is 2.28 bits per heavy atom. The normalized spacial score (nSPS) is 21.3. The van der Waals surface area contributed by atoms with Gasteiger partial charge in [0.2, 0.25) is 10.0 Å². The molecule has 1 saturated carbocycles. The van der Waals surface area contributed by atoms with Crippen LogP contribution in [0.15, 0.2) is 34.4 Å². The van der Waals surface area contributed by atoms with Gasteiger partial charge in [0, 0.05) is 36.8 Å². The minimum atomic E-state index is -3.53. The molecule has 2 unspecified atom stereocenters. The van der Waals surface area contributed by atoms with Crippen LogP contribution in [0.5, 0.6) is 0 Å². The SMILES string of the molecule is CCNC(=NCCNS(=O)(=O)c1cccnc1)NC1CCC(SC)C1. The summed E-state index contributed by atoms with van der Waals surface area (Å²) in [5.41, 5.74) is 0. The Balaban J connectivity index is 1.83. The minimum absolute atomic E-state index is 0.165. The first-order valence-electron chi connectivity index (χ1n) is 8.52. The Kier molecular flexibility index (Phi) is 7.98. The van der Waals surface area contributed by atoms with Crippen molar-refractivity contribution in [1.29, 1.82) is 0 Å². The van der Waals surface area contributed by atoms with Crippen LogP contribution >= 0.6 is 11.8 Å². The van der Waals surface area contributed by atoms with Crippen LogP contribution in [0.2, 0.25) is 0 Å². The second kappa shape index (κ2) is 9.98. The highest BCUT2D eigenvalue weighted by molar-refractivity contribution is 7.99. The molecule has 1 aliphatic rings. The van der Waals surface area contributed by atoms with Gasteiger partial charge in [0.25, 0.3) is 0 Å². The molecule has 2 atom stereocenters. The van der Waals surface area contributed by atoms with Gasteiger partial charge in [-0.2, -0.15) is 11.8 Å². The lowest BCUT2D eigenvalue weighted by Gasteiger charge is -2.17. The zero-order valence-electron chi connectivity index (χ0n) is 14.7. The van der Waals surface area contributed by atoms with E-state index in [0.29, 0.717) is 17.8 Å². The average Bonchev–Trinajstić information content (AvgIpc) is 3.07. The van der Waals surface area contributed by atoms with Crippen LogP contribution in [0.3, 0.4) is 0 Å². The van der Waals surface area contributed by atoms with Gasteiger partial charge in [-0.1, -0.05) is 0 Å². The molecule has 1 heterocycles. The van der Waals surface area contributed by atoms with Crippen molar-refractivity contribution in [3.63, 3.8) is 0 Å². The second-order valence-electron chi connectivity index (χ2n) is 5.86. The van der Waals surface area contributed by atoms with E-state index in [1.807, 2.05) is 18.7 Å². The maximum absolute atomic E-state index is 12.1. The maximum Gasteiger partial charge on any atom is 0.242 e. The van der Waals surface area contributed by atoms with Crippen molar-refractivity contribution in [2.45, 2.75) is 42.4 Å². The molecule has 1 aliphatic carbocycles. The first-order valence-corrected chi connectivity index (χ1v) is 11.3. The standard InChI is InChI=1S/C16H27N5O2S2/c1-3-18-16(21-13-6-7-14(11-13)24-2)19-9-10-20-25(22,23)15-5-4-8-17-12-15/h4-5,8,12-14,20H,3,6-7,9-11H2,1-2H3,(H2,18,19,21). The van der Waals surface area contributed by atoms with Crippen LogP contribution in [-0.4, -0.2) is 56.5 Å². The van der Waals surface area contributed by atoms with Gasteiger partial charge < -0.3 is 10.6 Å². The van der Waals surface area contributed by atoms with Gasteiger partial charge >= 0.3 is 0 Å². The van der Waals surface area contributed by atoms with E-state index in [0.717, 1.165) is 25.3 Å². The van der Waals surface area contributed by atoms with E-state index in [2.05, 4.69) is 31.6 Å². The number of sulfonamides is 1. The lowest BCUT2D eigenvalue weighted by atomic mass is 10.2. The second-order valence-corrected chi connectivity index (χ2v) is 8.76. The largest absolute Gasteiger partial charge is 0.357 e. The summed E-state index contributed by atoms with van der Waals surface area (Å²) in [7, 11) is -3.53. The molecule has 2 rings (SSSR count). The number of aromatic nitrogens is 1. The van der Waals surface area contributed by atoms with E-state index < -0.39 is 10.0 Å². The summed E-state index contributed by atoms with van der Waals surface area (Å²) < 4.78 is 26.8. The zero-order chi connectivity index (χ0) is 18.1. The number of thioether (sulfide) groups is 1. The van der Waals surface area contributed by atoms with Crippen molar-refractivity contribution >= 4 is 27.7 Å². The number of rotatable bonds is 8. The Morgan fingerprint density at radius 3 is 2.92 bits per heavy atom. The summed E-state index contributed by atoms with van der Waals surface area (Å²) >= 11 is 1.92. The minimum Gasteiger partial charge on any atom is -0.357 e. The molecule has 1 aromatic heterocycles. The molecular formula is C16H27N5O2S2. The molecule has 0 aromatic carbocycles. The third kappa shape index (κ3) is 6.48. The maximum atomic E-state index is 12.1. The monoisotopic (exact) mass is 385 g/mol. The van der Waals surface area contributed by atoms with Crippen LogP contribution in [0.4, 0.5) is 0 Å². The molecule has 0 saturated heterocycles. The van der Waals surface area contributed by atoms with E-state index in [4.69, 9.17) is 0 Å². The Labute approximate surface area is 154 Å². The zero-order valence-corrected chi connectivity index (χ0v) is 16.4. The smallest absolute Gasteiger partial charge is 0.242 e. The fourth-order valence-corrected chi connectivity index (χ4v) is 4.52. The molecule has 3 N–H and O–H groups in total. The van der Waals surface area contributed by atoms with E-state index in [9.17, 15) is 8.42 Å². The summed E-state index contributed by atoms with van der Waals surface area (Å²) in [5, 5.41) is 7.38. The molecule has 0 bridgehead atoms. The number of hydrogen-bond donors (Lipinski definition) is 3. The first-order chi connectivity index (χ1) is 12.0. The number of nitrogens with one attached hydrogen (secondary N) is 3. The summed E-state index contributed by atoms with van der Waals surface area (Å²) in [4.78, 5) is 8.47. The van der Waals surface area contributed by atoms with Gasteiger partial charge in [0.1, 0.15) is 4.90 Å². The van der Waals surface area contributed by atoms with Crippen molar-refractivity contribution in [2.75, 3.05) is 25.9 Å². The first kappa shape index (κ1) is 20.0. The molecule has 9 heteroatoms. The lowest BCUT2D eigenvalue weighted by Crippen LogP contribution is -2.43. The molecule has 0 spiro atoms. The van der Waals surface area contributed by atoms with Crippen LogP contribution in [-0.2, 0) is 10.0 Å². The van der Waals surface area contributed by atoms with Gasteiger partial charge in [-0.3, -0.25) is 9.98 Å². The highest BCUT2D eigenvalue weighted by Crippen LogP contribution is 2.27. The van der Waals surface area contributed by atoms with Crippen molar-refractivity contribution < 1.29 is 8.42 Å². The fraction of sp³-hybridized carbons (Fsp3) is 0.625. The molecule has 0 amide bonds. The third-order valence-corrected chi connectivity index (χ3v) is 6.56. The highest BCUT2D eigenvalue weighted by atomic mass is 32.2. The Hall–Kier alpha value is -1.32. The quantitative estimate of drug-likeness (QED) is 0.354. The molecular weight excluding hydrogens is 358 g/mol. The van der Waals surface area contributed by atoms with E-state index in [1.54, 1.807) is 12.3 Å². The summed E-state index contributed by atoms with van der Waals surface area (Å²) in [6, 6.07) is 3.55. The summed E-state index contributed by atoms with van der Waals surface area (Å²) in [5.74, 6) is 0.745. The van der Waals surface area contributed by atoms with Gasteiger partial charge in [0.15, 0.2) is 5.96 Å². The molecule has 1 aromatic rings. The van der Waals surface area contributed by atoms with Gasteiger partial charge in [-0.15, -0.1) is 0 Å². The van der Waals surface area contributed by atoms with Crippen molar-refractivity contribution in [1.82, 2.24) is 20.3 Å². The Morgan fingerprint density at radius 1 is 1.44 bits per heavy atom. The van der Waals surface area contributed by atoms with Gasteiger partial charge in [0.05, 0.1) is 6.54 Å². The van der Waals surface area contributed by atoms with Crippen molar-refractivity contribution in [2.24, 2.45) is 4.99 Å². The van der Waals surface area contributed by atoms with E-state index in [-0.39, 0.29) is 11.4 Å². The number of guanidine groups is 1. The summed E-state index contributed by atoms with van der Waals surface area (Å²) in [6.07, 6.45) is 8.54. The number of nitrogens with zero attached hydrogens (tertiary/aromatic N) is 2. The van der Waals surface area contributed by atoms with Crippen LogP contribution in [0.1, 0.15) is 26.2 Å². The molecule has 140 valence electrons. The van der Waals surface area contributed by atoms with E-state index >= 15 is 0 Å². The number of pyridine rings is 1. The highest BCUT2D eigenvalue weighted by Gasteiger charge is 2.24. The predicted octanol–water partition coefficient (Wildman–Crippen LogP) is 1.20. The van der Waals surface area contributed by atoms with Crippen LogP contribution in [0.25, 0.3) is 0 Å². The third-order valence-electron chi connectivity index (χ3n) is 4.02. The predicted molar refractivity (Wildman–Crippen MR) is 103 cm³/mol. The number of hydrogen-bond acceptors (Lipinski definition) is 5. The molecule has 7 nitrogen and oxygen atoms in total. The van der Waals surface area contributed by atoms with E-state index in [1.165, 1.54) is 18.7 Å².